The van der Waals surface area contributed by atoms with Crippen LogP contribution in [0.2, 0.25) is 0 Å². The molecule has 1 saturated heterocycles. The van der Waals surface area contributed by atoms with Gasteiger partial charge >= 0.3 is 0 Å². The van der Waals surface area contributed by atoms with Crippen molar-refractivity contribution in [3.05, 3.63) is 89.0 Å². The Labute approximate surface area is 227 Å². The van der Waals surface area contributed by atoms with Crippen LogP contribution in [0.1, 0.15) is 54.0 Å². The first-order valence-corrected chi connectivity index (χ1v) is 13.8. The lowest BCUT2D eigenvalue weighted by Crippen LogP contribution is -2.29. The molecule has 0 radical (unpaired) electrons. The maximum Gasteiger partial charge on any atom is 0.139 e. The molecular weight excluding hydrogens is 563 g/mol. The highest BCUT2D eigenvalue weighted by Crippen LogP contribution is 2.40. The van der Waals surface area contributed by atoms with Crippen molar-refractivity contribution < 1.29 is 14.9 Å². The summed E-state index contributed by atoms with van der Waals surface area (Å²) in [6, 6.07) is 24.2. The number of nitrogens with zero attached hydrogens (tertiary/aromatic N) is 2. The van der Waals surface area contributed by atoms with Gasteiger partial charge in [0.25, 0.3) is 0 Å². The smallest absolute Gasteiger partial charge is 0.139 e. The van der Waals surface area contributed by atoms with E-state index in [1.54, 1.807) is 12.1 Å². The van der Waals surface area contributed by atoms with Crippen LogP contribution in [0.3, 0.4) is 0 Å². The van der Waals surface area contributed by atoms with E-state index in [0.717, 1.165) is 43.5 Å². The first-order chi connectivity index (χ1) is 17.4. The number of aliphatic hydroxyl groups is 1. The first kappa shape index (κ1) is 26.3. The third-order valence-electron chi connectivity index (χ3n) is 7.01. The average Bonchev–Trinajstić information content (AvgIpc) is 3.09. The van der Waals surface area contributed by atoms with Crippen LogP contribution < -0.4 is 9.64 Å². The number of aromatic hydroxyl groups is 1. The number of hydrogen-bond acceptors (Lipinski definition) is 5. The number of aliphatic hydroxyl groups excluding tert-OH is 1. The quantitative estimate of drug-likeness (QED) is 0.224. The number of ether oxygens (including phenoxy) is 1. The minimum absolute atomic E-state index is 0.209. The van der Waals surface area contributed by atoms with Gasteiger partial charge in [-0.1, -0.05) is 24.3 Å². The number of aryl methyl sites for hydroxylation is 2. The molecule has 188 valence electrons. The Hall–Kier alpha value is -2.76. The maximum atomic E-state index is 9.89. The van der Waals surface area contributed by atoms with Gasteiger partial charge in [-0.3, -0.25) is 0 Å². The summed E-state index contributed by atoms with van der Waals surface area (Å²) in [6.45, 7) is 3.34. The summed E-state index contributed by atoms with van der Waals surface area (Å²) in [5.41, 5.74) is 5.54. The molecule has 3 atom stereocenters. The van der Waals surface area contributed by atoms with Crippen LogP contribution >= 0.6 is 22.6 Å². The zero-order chi connectivity index (χ0) is 25.5. The molecule has 3 aromatic rings. The number of phenolic OH excluding ortho intramolecular Hbond substituents is 1. The van der Waals surface area contributed by atoms with Gasteiger partial charge in [-0.05, 0) is 127 Å². The summed E-state index contributed by atoms with van der Waals surface area (Å²) < 4.78 is 5.19. The Balaban J connectivity index is 1.55. The van der Waals surface area contributed by atoms with Gasteiger partial charge in [-0.15, -0.1) is 0 Å². The van der Waals surface area contributed by atoms with E-state index in [0.29, 0.717) is 11.5 Å². The second-order valence-electron chi connectivity index (χ2n) is 9.59. The molecule has 3 aromatic carbocycles. The number of benzene rings is 3. The summed E-state index contributed by atoms with van der Waals surface area (Å²) in [5, 5.41) is 28.5. The van der Waals surface area contributed by atoms with Gasteiger partial charge in [0.05, 0.1) is 17.7 Å². The minimum atomic E-state index is -0.534. The molecule has 36 heavy (non-hydrogen) atoms. The molecule has 1 aliphatic rings. The van der Waals surface area contributed by atoms with Crippen molar-refractivity contribution in [2.45, 2.75) is 49.2 Å². The predicted molar refractivity (Wildman–Crippen MR) is 152 cm³/mol. The number of alkyl halides is 1. The molecule has 0 bridgehead atoms. The molecule has 0 amide bonds. The summed E-state index contributed by atoms with van der Waals surface area (Å²) in [6.07, 6.45) is 5.45. The highest BCUT2D eigenvalue weighted by molar-refractivity contribution is 14.1. The van der Waals surface area contributed by atoms with Gasteiger partial charge in [0, 0.05) is 12.2 Å². The van der Waals surface area contributed by atoms with Crippen molar-refractivity contribution in [3.63, 3.8) is 0 Å². The Morgan fingerprint density at radius 1 is 1.11 bits per heavy atom. The number of phenols is 1. The molecule has 1 aliphatic heterocycles. The Morgan fingerprint density at radius 2 is 1.86 bits per heavy atom. The van der Waals surface area contributed by atoms with E-state index in [-0.39, 0.29) is 18.4 Å². The second kappa shape index (κ2) is 12.5. The van der Waals surface area contributed by atoms with Crippen LogP contribution in [-0.2, 0) is 6.42 Å². The average molecular weight is 597 g/mol. The maximum absolute atomic E-state index is 9.89. The van der Waals surface area contributed by atoms with Crippen molar-refractivity contribution in [2.75, 3.05) is 18.1 Å². The Bertz CT molecular complexity index is 1170. The summed E-state index contributed by atoms with van der Waals surface area (Å²) in [4.78, 5) is 2.51. The largest absolute Gasteiger partial charge is 0.508 e. The minimum Gasteiger partial charge on any atom is -0.508 e. The number of nitriles is 1. The molecule has 0 saturated carbocycles. The number of anilines is 1. The summed E-state index contributed by atoms with van der Waals surface area (Å²) >= 11 is 1.94. The molecular formula is C30H33IN2O3. The van der Waals surface area contributed by atoms with Gasteiger partial charge in [-0.2, -0.15) is 5.26 Å². The van der Waals surface area contributed by atoms with Crippen LogP contribution in [0.4, 0.5) is 5.69 Å². The standard InChI is InChI=1S/C30H33IN2O3/c1-21-17-27(36-20-30(31)35)14-15-28(21)33-16-2-3-23(7-4-22-5-8-24(19-32)9-6-22)18-29(33)25-10-12-26(34)13-11-25/h5-6,8-15,17,23,29-30,34-35H,2-4,7,16,18,20H2,1H3/t23?,29-,30-/m0/s1. The first-order valence-electron chi connectivity index (χ1n) is 12.5. The Morgan fingerprint density at radius 3 is 2.53 bits per heavy atom. The lowest BCUT2D eigenvalue weighted by atomic mass is 9.88. The fourth-order valence-corrected chi connectivity index (χ4v) is 5.33. The number of halogens is 1. The Kier molecular flexibility index (Phi) is 9.11. The van der Waals surface area contributed by atoms with Crippen LogP contribution in [-0.4, -0.2) is 27.5 Å². The molecule has 6 heteroatoms. The SMILES string of the molecule is Cc1cc(OC[C@H](O)I)ccc1N1CCCC(CCc2ccc(C#N)cc2)C[C@H]1c1ccc(O)cc1. The number of rotatable bonds is 8. The monoisotopic (exact) mass is 596 g/mol. The molecule has 1 heterocycles. The van der Waals surface area contributed by atoms with Crippen molar-refractivity contribution in [2.24, 2.45) is 5.92 Å². The van der Waals surface area contributed by atoms with Crippen LogP contribution in [0, 0.1) is 24.2 Å². The van der Waals surface area contributed by atoms with Crippen LogP contribution in [0.5, 0.6) is 11.5 Å². The molecule has 0 spiro atoms. The van der Waals surface area contributed by atoms with E-state index in [1.807, 2.05) is 52.9 Å². The van der Waals surface area contributed by atoms with E-state index >= 15 is 0 Å². The van der Waals surface area contributed by atoms with E-state index < -0.39 is 4.11 Å². The van der Waals surface area contributed by atoms with Crippen molar-refractivity contribution in [1.82, 2.24) is 0 Å². The van der Waals surface area contributed by atoms with Gasteiger partial charge in [0.1, 0.15) is 22.2 Å². The molecule has 0 aromatic heterocycles. The van der Waals surface area contributed by atoms with Gasteiger partial charge < -0.3 is 19.8 Å². The van der Waals surface area contributed by atoms with E-state index in [1.165, 1.54) is 23.2 Å². The summed E-state index contributed by atoms with van der Waals surface area (Å²) in [7, 11) is 0. The zero-order valence-corrected chi connectivity index (χ0v) is 22.8. The van der Waals surface area contributed by atoms with Gasteiger partial charge in [0.2, 0.25) is 0 Å². The van der Waals surface area contributed by atoms with E-state index in [4.69, 9.17) is 10.00 Å². The topological polar surface area (TPSA) is 76.7 Å². The molecule has 0 aliphatic carbocycles. The number of hydrogen-bond donors (Lipinski definition) is 2. The van der Waals surface area contributed by atoms with Crippen molar-refractivity contribution in [3.8, 4) is 17.6 Å². The van der Waals surface area contributed by atoms with E-state index in [9.17, 15) is 10.2 Å². The van der Waals surface area contributed by atoms with Gasteiger partial charge in [-0.25, -0.2) is 0 Å². The molecule has 4 rings (SSSR count). The summed E-state index contributed by atoms with van der Waals surface area (Å²) in [5.74, 6) is 1.63. The lowest BCUT2D eigenvalue weighted by molar-refractivity contribution is 0.187. The highest BCUT2D eigenvalue weighted by atomic mass is 127. The molecule has 1 fully saturated rings. The normalized spacial score (nSPS) is 18.8. The van der Waals surface area contributed by atoms with E-state index in [2.05, 4.69) is 42.2 Å². The molecule has 1 unspecified atom stereocenters. The van der Waals surface area contributed by atoms with Gasteiger partial charge in [0.15, 0.2) is 0 Å². The second-order valence-corrected chi connectivity index (χ2v) is 11.0. The van der Waals surface area contributed by atoms with Crippen LogP contribution in [0.25, 0.3) is 0 Å². The fraction of sp³-hybridized carbons (Fsp3) is 0.367. The zero-order valence-electron chi connectivity index (χ0n) is 20.6. The van der Waals surface area contributed by atoms with Crippen LogP contribution in [0.15, 0.2) is 66.7 Å². The van der Waals surface area contributed by atoms with Crippen molar-refractivity contribution in [1.29, 1.82) is 5.26 Å². The van der Waals surface area contributed by atoms with Crippen molar-refractivity contribution >= 4 is 28.3 Å². The lowest BCUT2D eigenvalue weighted by Gasteiger charge is -2.35. The fourth-order valence-electron chi connectivity index (χ4n) is 5.15. The third-order valence-corrected chi connectivity index (χ3v) is 7.37. The third kappa shape index (κ3) is 6.92. The molecule has 5 nitrogen and oxygen atoms in total. The highest BCUT2D eigenvalue weighted by Gasteiger charge is 2.28. The molecule has 2 N–H and O–H groups in total. The predicted octanol–water partition coefficient (Wildman–Crippen LogP) is 6.69.